The van der Waals surface area contributed by atoms with Crippen LogP contribution in [0.5, 0.6) is 5.75 Å². The molecule has 0 aliphatic heterocycles. The van der Waals surface area contributed by atoms with Gasteiger partial charge in [-0.05, 0) is 38.4 Å². The quantitative estimate of drug-likeness (QED) is 0.742. The number of carbonyl (C=O) groups is 1. The van der Waals surface area contributed by atoms with Crippen LogP contribution in [-0.4, -0.2) is 30.7 Å². The van der Waals surface area contributed by atoms with Gasteiger partial charge in [0.05, 0.1) is 0 Å². The molecule has 17 heavy (non-hydrogen) atoms. The Morgan fingerprint density at radius 3 is 2.29 bits per heavy atom. The van der Waals surface area contributed by atoms with Crippen LogP contribution in [0.2, 0.25) is 5.02 Å². The number of ether oxygens (including phenoxy) is 1. The fourth-order valence-corrected chi connectivity index (χ4v) is 1.67. The van der Waals surface area contributed by atoms with Gasteiger partial charge >= 0.3 is 0 Å². The van der Waals surface area contributed by atoms with Crippen molar-refractivity contribution in [2.24, 2.45) is 0 Å². The maximum atomic E-state index is 11.3. The van der Waals surface area contributed by atoms with Crippen LogP contribution in [0.4, 0.5) is 0 Å². The normalized spacial score (nSPS) is 14.4. The van der Waals surface area contributed by atoms with Gasteiger partial charge in [-0.1, -0.05) is 18.5 Å². The van der Waals surface area contributed by atoms with E-state index in [-0.39, 0.29) is 6.42 Å². The molecule has 1 aromatic carbocycles. The van der Waals surface area contributed by atoms with Crippen molar-refractivity contribution < 1.29 is 14.6 Å². The number of carboxylic acid groups (broad SMARTS) is 1. The summed E-state index contributed by atoms with van der Waals surface area (Å²) >= 11 is 5.75. The van der Waals surface area contributed by atoms with Crippen LogP contribution in [0.1, 0.15) is 13.3 Å². The summed E-state index contributed by atoms with van der Waals surface area (Å²) in [6, 6.07) is 6.53. The Morgan fingerprint density at radius 2 is 1.94 bits per heavy atom. The van der Waals surface area contributed by atoms with Crippen molar-refractivity contribution in [3.63, 3.8) is 0 Å². The van der Waals surface area contributed by atoms with Crippen LogP contribution in [0.15, 0.2) is 24.3 Å². The fraction of sp³-hybridized carbons (Fsp3) is 0.417. The molecule has 0 aliphatic rings. The second-order valence-corrected chi connectivity index (χ2v) is 4.31. The van der Waals surface area contributed by atoms with Crippen molar-refractivity contribution in [2.45, 2.75) is 19.1 Å². The summed E-state index contributed by atoms with van der Waals surface area (Å²) in [7, 11) is 3.27. The minimum absolute atomic E-state index is 0.269. The van der Waals surface area contributed by atoms with Crippen LogP contribution in [0, 0.1) is 0 Å². The van der Waals surface area contributed by atoms with Gasteiger partial charge in [0.1, 0.15) is 11.7 Å². The second kappa shape index (κ2) is 5.38. The number of nitrogens with zero attached hydrogens (tertiary/aromatic N) is 1. The first kappa shape index (κ1) is 13.8. The van der Waals surface area contributed by atoms with E-state index in [2.05, 4.69) is 0 Å². The number of hydrogen-bond donors (Lipinski definition) is 0. The minimum Gasteiger partial charge on any atom is -0.544 e. The lowest BCUT2D eigenvalue weighted by Crippen LogP contribution is -2.61. The molecule has 0 heterocycles. The van der Waals surface area contributed by atoms with E-state index in [9.17, 15) is 9.90 Å². The van der Waals surface area contributed by atoms with Crippen molar-refractivity contribution in [2.75, 3.05) is 14.1 Å². The topological polar surface area (TPSA) is 52.6 Å². The van der Waals surface area contributed by atoms with Crippen molar-refractivity contribution >= 4 is 17.6 Å². The summed E-state index contributed by atoms with van der Waals surface area (Å²) in [5.41, 5.74) is -1.46. The monoisotopic (exact) mass is 256 g/mol. The number of carbonyl (C=O) groups excluding carboxylic acids is 1. The zero-order valence-electron chi connectivity index (χ0n) is 10.1. The highest BCUT2D eigenvalue weighted by molar-refractivity contribution is 6.30. The second-order valence-electron chi connectivity index (χ2n) is 3.88. The first-order valence-electron chi connectivity index (χ1n) is 5.26. The summed E-state index contributed by atoms with van der Waals surface area (Å²) < 4.78 is 5.53. The highest BCUT2D eigenvalue weighted by atomic mass is 35.5. The van der Waals surface area contributed by atoms with Crippen LogP contribution < -0.4 is 9.84 Å². The molecule has 1 rings (SSSR count). The number of hydrogen-bond acceptors (Lipinski definition) is 4. The minimum atomic E-state index is -1.46. The molecule has 0 radical (unpaired) electrons. The van der Waals surface area contributed by atoms with E-state index >= 15 is 0 Å². The van der Waals surface area contributed by atoms with Crippen molar-refractivity contribution in [3.8, 4) is 5.75 Å². The Morgan fingerprint density at radius 1 is 1.41 bits per heavy atom. The average Bonchev–Trinajstić information content (AvgIpc) is 2.27. The third-order valence-electron chi connectivity index (χ3n) is 2.62. The zero-order valence-corrected chi connectivity index (χ0v) is 10.8. The number of carboxylic acids is 1. The SMILES string of the molecule is CCC(Oc1ccc(Cl)cc1)(C(=O)[O-])N(C)C. The van der Waals surface area contributed by atoms with Gasteiger partial charge in [0.15, 0.2) is 0 Å². The molecular formula is C12H15ClNO3-. The van der Waals surface area contributed by atoms with Gasteiger partial charge in [0.25, 0.3) is 0 Å². The maximum absolute atomic E-state index is 11.3. The molecule has 0 amide bonds. The van der Waals surface area contributed by atoms with Gasteiger partial charge in [-0.15, -0.1) is 0 Å². The summed E-state index contributed by atoms with van der Waals surface area (Å²) in [5, 5.41) is 11.8. The third-order valence-corrected chi connectivity index (χ3v) is 2.87. The first-order valence-corrected chi connectivity index (χ1v) is 5.63. The van der Waals surface area contributed by atoms with E-state index < -0.39 is 11.7 Å². The maximum Gasteiger partial charge on any atom is 0.203 e. The average molecular weight is 257 g/mol. The van der Waals surface area contributed by atoms with Gasteiger partial charge < -0.3 is 14.6 Å². The number of aliphatic carboxylic acids is 1. The van der Waals surface area contributed by atoms with E-state index in [1.165, 1.54) is 4.90 Å². The Bertz CT molecular complexity index is 391. The molecule has 0 aliphatic carbocycles. The molecular weight excluding hydrogens is 242 g/mol. The van der Waals surface area contributed by atoms with E-state index in [0.717, 1.165) is 0 Å². The number of benzene rings is 1. The molecule has 0 saturated carbocycles. The molecule has 0 aromatic heterocycles. The summed E-state index contributed by atoms with van der Waals surface area (Å²) in [4.78, 5) is 12.7. The third kappa shape index (κ3) is 2.90. The van der Waals surface area contributed by atoms with Crippen molar-refractivity contribution in [1.29, 1.82) is 0 Å². The molecule has 0 N–H and O–H groups in total. The van der Waals surface area contributed by atoms with Gasteiger partial charge in [-0.2, -0.15) is 0 Å². The fourth-order valence-electron chi connectivity index (χ4n) is 1.55. The predicted octanol–water partition coefficient (Wildman–Crippen LogP) is 1.14. The Balaban J connectivity index is 3.01. The van der Waals surface area contributed by atoms with Gasteiger partial charge in [-0.25, -0.2) is 0 Å². The van der Waals surface area contributed by atoms with E-state index in [4.69, 9.17) is 16.3 Å². The first-order chi connectivity index (χ1) is 7.92. The van der Waals surface area contributed by atoms with Crippen molar-refractivity contribution in [1.82, 2.24) is 4.90 Å². The Hall–Kier alpha value is -1.26. The summed E-state index contributed by atoms with van der Waals surface area (Å²) in [5.74, 6) is -0.825. The molecule has 0 fully saturated rings. The summed E-state index contributed by atoms with van der Waals surface area (Å²) in [6.45, 7) is 1.73. The zero-order chi connectivity index (χ0) is 13.1. The van der Waals surface area contributed by atoms with E-state index in [1.807, 2.05) is 0 Å². The molecule has 4 nitrogen and oxygen atoms in total. The molecule has 1 aromatic rings. The number of rotatable bonds is 5. The standard InChI is InChI=1S/C12H16ClNO3/c1-4-12(11(15)16,14(2)3)17-10-7-5-9(13)6-8-10/h5-8H,4H2,1-3H3,(H,15,16)/p-1. The molecule has 5 heteroatoms. The van der Waals surface area contributed by atoms with Gasteiger partial charge in [-0.3, -0.25) is 4.90 Å². The predicted molar refractivity (Wildman–Crippen MR) is 63.8 cm³/mol. The highest BCUT2D eigenvalue weighted by Crippen LogP contribution is 2.24. The Kier molecular flexibility index (Phi) is 4.37. The van der Waals surface area contributed by atoms with Crippen LogP contribution in [0.3, 0.4) is 0 Å². The lowest BCUT2D eigenvalue weighted by Gasteiger charge is -2.39. The van der Waals surface area contributed by atoms with Gasteiger partial charge in [0.2, 0.25) is 5.72 Å². The van der Waals surface area contributed by atoms with E-state index in [1.54, 1.807) is 45.3 Å². The number of halogens is 1. The van der Waals surface area contributed by atoms with Crippen molar-refractivity contribution in [3.05, 3.63) is 29.3 Å². The largest absolute Gasteiger partial charge is 0.544 e. The van der Waals surface area contributed by atoms with Crippen LogP contribution in [0.25, 0.3) is 0 Å². The smallest absolute Gasteiger partial charge is 0.203 e. The lowest BCUT2D eigenvalue weighted by atomic mass is 10.1. The molecule has 0 spiro atoms. The van der Waals surface area contributed by atoms with Crippen LogP contribution >= 0.6 is 11.6 Å². The molecule has 94 valence electrons. The lowest BCUT2D eigenvalue weighted by molar-refractivity contribution is -0.332. The highest BCUT2D eigenvalue weighted by Gasteiger charge is 2.35. The molecule has 1 atom stereocenters. The van der Waals surface area contributed by atoms with Gasteiger partial charge in [0, 0.05) is 11.4 Å². The molecule has 1 unspecified atom stereocenters. The van der Waals surface area contributed by atoms with E-state index in [0.29, 0.717) is 10.8 Å². The number of likely N-dealkylation sites (N-methyl/N-ethyl adjacent to an activating group) is 1. The Labute approximate surface area is 106 Å². The summed E-state index contributed by atoms with van der Waals surface area (Å²) in [6.07, 6.45) is 0.269. The molecule has 0 saturated heterocycles. The van der Waals surface area contributed by atoms with Crippen LogP contribution in [-0.2, 0) is 4.79 Å². The molecule has 0 bridgehead atoms.